The molecule has 2 heterocycles. The summed E-state index contributed by atoms with van der Waals surface area (Å²) in [6, 6.07) is 59.0. The van der Waals surface area contributed by atoms with Crippen molar-refractivity contribution in [3.63, 3.8) is 0 Å². The van der Waals surface area contributed by atoms with Gasteiger partial charge in [-0.1, -0.05) is 121 Å². The molecular weight excluding hydrogens is 558 g/mol. The molecule has 214 valence electrons. The van der Waals surface area contributed by atoms with Crippen LogP contribution in [0, 0.1) is 0 Å². The van der Waals surface area contributed by atoms with Crippen LogP contribution in [0.15, 0.2) is 164 Å². The Kier molecular flexibility index (Phi) is 5.31. The van der Waals surface area contributed by atoms with Crippen LogP contribution in [0.25, 0.3) is 82.4 Å². The molecular formula is C44H27NO. The number of nitrogens with zero attached hydrogens (tertiary/aromatic N) is 1. The summed E-state index contributed by atoms with van der Waals surface area (Å²) in [5, 5.41) is 7.36. The normalized spacial score (nSPS) is 12.1. The van der Waals surface area contributed by atoms with E-state index < -0.39 is 0 Å². The lowest BCUT2D eigenvalue weighted by molar-refractivity contribution is 0.487. The van der Waals surface area contributed by atoms with Gasteiger partial charge in [0, 0.05) is 32.8 Å². The van der Waals surface area contributed by atoms with Gasteiger partial charge in [-0.05, 0) is 81.1 Å². The van der Waals surface area contributed by atoms with E-state index in [4.69, 9.17) is 4.74 Å². The predicted octanol–water partition coefficient (Wildman–Crippen LogP) is 12.2. The van der Waals surface area contributed by atoms with Gasteiger partial charge in [0.15, 0.2) is 0 Å². The van der Waals surface area contributed by atoms with Gasteiger partial charge in [0.2, 0.25) is 0 Å². The highest BCUT2D eigenvalue weighted by Gasteiger charge is 2.23. The van der Waals surface area contributed by atoms with E-state index in [0.29, 0.717) is 0 Å². The van der Waals surface area contributed by atoms with Gasteiger partial charge in [0.1, 0.15) is 11.5 Å². The SMILES string of the molecule is c1ccc(-n2c3ccccc3c3c(-c4ccccc4-c4ccc5c(c4)-c4cccc6cccc(c46)O5)cc4ccccc4c32)cc1. The van der Waals surface area contributed by atoms with Crippen LogP contribution in [-0.2, 0) is 0 Å². The molecule has 1 aromatic heterocycles. The summed E-state index contributed by atoms with van der Waals surface area (Å²) in [7, 11) is 0. The van der Waals surface area contributed by atoms with Crippen molar-refractivity contribution >= 4 is 43.4 Å². The Morgan fingerprint density at radius 1 is 0.391 bits per heavy atom. The van der Waals surface area contributed by atoms with E-state index in [1.54, 1.807) is 0 Å². The van der Waals surface area contributed by atoms with Crippen molar-refractivity contribution in [2.45, 2.75) is 0 Å². The first-order chi connectivity index (χ1) is 22.8. The van der Waals surface area contributed by atoms with Crippen LogP contribution < -0.4 is 4.74 Å². The fourth-order valence-corrected chi connectivity index (χ4v) is 7.59. The molecule has 2 heteroatoms. The maximum absolute atomic E-state index is 6.45. The zero-order chi connectivity index (χ0) is 30.2. The Bertz CT molecular complexity index is 2660. The molecule has 0 aliphatic carbocycles. The second-order valence-corrected chi connectivity index (χ2v) is 12.1. The van der Waals surface area contributed by atoms with Crippen molar-refractivity contribution in [2.75, 3.05) is 0 Å². The number of hydrogen-bond donors (Lipinski definition) is 0. The lowest BCUT2D eigenvalue weighted by Gasteiger charge is -2.22. The molecule has 2 nitrogen and oxygen atoms in total. The summed E-state index contributed by atoms with van der Waals surface area (Å²) in [5.74, 6) is 1.81. The number of aromatic nitrogens is 1. The van der Waals surface area contributed by atoms with Crippen LogP contribution in [0.3, 0.4) is 0 Å². The summed E-state index contributed by atoms with van der Waals surface area (Å²) in [6.45, 7) is 0. The third-order valence-corrected chi connectivity index (χ3v) is 9.56. The Balaban J connectivity index is 1.28. The van der Waals surface area contributed by atoms with Crippen LogP contribution in [-0.4, -0.2) is 4.57 Å². The van der Waals surface area contributed by atoms with Crippen molar-refractivity contribution in [3.8, 4) is 50.6 Å². The first-order valence-electron chi connectivity index (χ1n) is 15.8. The van der Waals surface area contributed by atoms with Gasteiger partial charge in [-0.2, -0.15) is 0 Å². The van der Waals surface area contributed by atoms with Gasteiger partial charge in [-0.3, -0.25) is 0 Å². The van der Waals surface area contributed by atoms with Crippen LogP contribution in [0.1, 0.15) is 0 Å². The largest absolute Gasteiger partial charge is 0.456 e. The van der Waals surface area contributed by atoms with E-state index in [0.717, 1.165) is 22.7 Å². The molecule has 1 aliphatic rings. The average molecular weight is 586 g/mol. The molecule has 10 rings (SSSR count). The van der Waals surface area contributed by atoms with E-state index in [1.807, 2.05) is 0 Å². The number of ether oxygens (including phenoxy) is 1. The molecule has 0 saturated heterocycles. The maximum atomic E-state index is 6.45. The second kappa shape index (κ2) is 9.69. The summed E-state index contributed by atoms with van der Waals surface area (Å²) in [6.07, 6.45) is 0. The molecule has 0 radical (unpaired) electrons. The number of benzene rings is 8. The van der Waals surface area contributed by atoms with E-state index in [2.05, 4.69) is 168 Å². The predicted molar refractivity (Wildman–Crippen MR) is 192 cm³/mol. The molecule has 0 bridgehead atoms. The van der Waals surface area contributed by atoms with Gasteiger partial charge in [-0.15, -0.1) is 0 Å². The molecule has 0 amide bonds. The minimum Gasteiger partial charge on any atom is -0.456 e. The summed E-state index contributed by atoms with van der Waals surface area (Å²) in [5.41, 5.74) is 10.8. The molecule has 8 aromatic carbocycles. The van der Waals surface area contributed by atoms with Crippen LogP contribution >= 0.6 is 0 Å². The first kappa shape index (κ1) is 25.2. The Labute approximate surface area is 266 Å². The molecule has 0 atom stereocenters. The fraction of sp³-hybridized carbons (Fsp3) is 0. The van der Waals surface area contributed by atoms with Crippen molar-refractivity contribution in [3.05, 3.63) is 164 Å². The Morgan fingerprint density at radius 3 is 1.98 bits per heavy atom. The molecule has 0 fully saturated rings. The van der Waals surface area contributed by atoms with Crippen molar-refractivity contribution in [2.24, 2.45) is 0 Å². The van der Waals surface area contributed by atoms with E-state index in [1.165, 1.54) is 71.2 Å². The summed E-state index contributed by atoms with van der Waals surface area (Å²) < 4.78 is 8.89. The number of rotatable bonds is 3. The van der Waals surface area contributed by atoms with Crippen LogP contribution in [0.2, 0.25) is 0 Å². The number of hydrogen-bond acceptors (Lipinski definition) is 1. The third-order valence-electron chi connectivity index (χ3n) is 9.56. The van der Waals surface area contributed by atoms with Crippen LogP contribution in [0.4, 0.5) is 0 Å². The second-order valence-electron chi connectivity index (χ2n) is 12.1. The van der Waals surface area contributed by atoms with E-state index >= 15 is 0 Å². The minimum atomic E-state index is 0.895. The molecule has 0 saturated carbocycles. The van der Waals surface area contributed by atoms with E-state index in [-0.39, 0.29) is 0 Å². The van der Waals surface area contributed by atoms with Gasteiger partial charge in [-0.25, -0.2) is 0 Å². The Hall–Kier alpha value is -6.12. The number of para-hydroxylation sites is 2. The fourth-order valence-electron chi connectivity index (χ4n) is 7.59. The van der Waals surface area contributed by atoms with Gasteiger partial charge in [0.05, 0.1) is 11.0 Å². The highest BCUT2D eigenvalue weighted by molar-refractivity contribution is 6.24. The maximum Gasteiger partial charge on any atom is 0.135 e. The molecule has 1 aliphatic heterocycles. The van der Waals surface area contributed by atoms with Crippen molar-refractivity contribution in [1.82, 2.24) is 4.57 Å². The van der Waals surface area contributed by atoms with Crippen LogP contribution in [0.5, 0.6) is 11.5 Å². The first-order valence-corrected chi connectivity index (χ1v) is 15.8. The highest BCUT2D eigenvalue weighted by Crippen LogP contribution is 2.49. The summed E-state index contributed by atoms with van der Waals surface area (Å²) in [4.78, 5) is 0. The Morgan fingerprint density at radius 2 is 1.09 bits per heavy atom. The standard InChI is InChI=1S/C44H27NO/c1-2-15-31(16-3-1)45-39-22-9-8-20-36(39)43-38(27-29-12-4-5-18-33(29)44(43)45)34-19-7-6-17-32(34)30-24-25-40-37(26-30)35-21-10-13-28-14-11-23-41(46-40)42(28)35/h1-27H. The minimum absolute atomic E-state index is 0.895. The lowest BCUT2D eigenvalue weighted by Crippen LogP contribution is -1.97. The lowest BCUT2D eigenvalue weighted by atomic mass is 9.88. The van der Waals surface area contributed by atoms with Gasteiger partial charge in [0.25, 0.3) is 0 Å². The molecule has 46 heavy (non-hydrogen) atoms. The molecule has 0 unspecified atom stereocenters. The third kappa shape index (κ3) is 3.59. The zero-order valence-electron chi connectivity index (χ0n) is 24.9. The molecule has 0 spiro atoms. The zero-order valence-corrected chi connectivity index (χ0v) is 24.9. The van der Waals surface area contributed by atoms with Crippen molar-refractivity contribution < 1.29 is 4.74 Å². The van der Waals surface area contributed by atoms with E-state index in [9.17, 15) is 0 Å². The van der Waals surface area contributed by atoms with Crippen molar-refractivity contribution in [1.29, 1.82) is 0 Å². The highest BCUT2D eigenvalue weighted by atomic mass is 16.5. The summed E-state index contributed by atoms with van der Waals surface area (Å²) >= 11 is 0. The topological polar surface area (TPSA) is 14.2 Å². The average Bonchev–Trinajstić information content (AvgIpc) is 3.47. The molecule has 9 aromatic rings. The van der Waals surface area contributed by atoms with Gasteiger partial charge >= 0.3 is 0 Å². The van der Waals surface area contributed by atoms with Gasteiger partial charge < -0.3 is 9.30 Å². The molecule has 0 N–H and O–H groups in total. The smallest absolute Gasteiger partial charge is 0.135 e. The number of fused-ring (bicyclic) bond motifs is 7. The monoisotopic (exact) mass is 585 g/mol. The quantitative estimate of drug-likeness (QED) is 0.201.